The van der Waals surface area contributed by atoms with Crippen LogP contribution in [0, 0.1) is 5.41 Å². The average Bonchev–Trinajstić information content (AvgIpc) is 3.33. The summed E-state index contributed by atoms with van der Waals surface area (Å²) in [7, 11) is 0. The molecule has 1 aliphatic rings. The fraction of sp³-hybridized carbons (Fsp3) is 0.200. The molecule has 224 valence electrons. The molecule has 9 nitrogen and oxygen atoms in total. The van der Waals surface area contributed by atoms with Crippen LogP contribution in [-0.4, -0.2) is 55.6 Å². The number of ether oxygens (including phenoxy) is 5. The van der Waals surface area contributed by atoms with Gasteiger partial charge in [-0.15, -0.1) is 0 Å². The highest BCUT2D eigenvalue weighted by Crippen LogP contribution is 2.43. The van der Waals surface area contributed by atoms with E-state index in [1.807, 2.05) is 0 Å². The third-order valence-corrected chi connectivity index (χ3v) is 7.20. The maximum absolute atomic E-state index is 13.3. The molecule has 0 aliphatic carbocycles. The van der Waals surface area contributed by atoms with Gasteiger partial charge in [0.05, 0.1) is 22.3 Å². The molecular formula is C35H30O9. The van der Waals surface area contributed by atoms with Gasteiger partial charge in [-0.3, -0.25) is 0 Å². The summed E-state index contributed by atoms with van der Waals surface area (Å²) in [5, 5.41) is 0. The van der Waals surface area contributed by atoms with Crippen LogP contribution in [-0.2, 0) is 23.7 Å². The summed E-state index contributed by atoms with van der Waals surface area (Å²) in [4.78, 5) is 52.2. The molecular weight excluding hydrogens is 564 g/mol. The summed E-state index contributed by atoms with van der Waals surface area (Å²) < 4.78 is 29.2. The van der Waals surface area contributed by atoms with Gasteiger partial charge in [-0.05, 0) is 55.5 Å². The van der Waals surface area contributed by atoms with Gasteiger partial charge in [0.2, 0.25) is 6.29 Å². The van der Waals surface area contributed by atoms with Crippen molar-refractivity contribution in [2.24, 2.45) is 5.41 Å². The molecule has 5 rings (SSSR count). The van der Waals surface area contributed by atoms with E-state index in [4.69, 9.17) is 23.7 Å². The quantitative estimate of drug-likeness (QED) is 0.173. The largest absolute Gasteiger partial charge is 0.461 e. The smallest absolute Gasteiger partial charge is 0.340 e. The van der Waals surface area contributed by atoms with Crippen molar-refractivity contribution in [1.82, 2.24) is 0 Å². The van der Waals surface area contributed by atoms with Crippen molar-refractivity contribution in [3.63, 3.8) is 0 Å². The van der Waals surface area contributed by atoms with Crippen molar-refractivity contribution in [2.45, 2.75) is 25.4 Å². The Bertz CT molecular complexity index is 1580. The lowest BCUT2D eigenvalue weighted by Crippen LogP contribution is -2.47. The third kappa shape index (κ3) is 7.02. The van der Waals surface area contributed by atoms with Crippen LogP contribution in [0.3, 0.4) is 0 Å². The zero-order valence-corrected chi connectivity index (χ0v) is 23.9. The fourth-order valence-corrected chi connectivity index (χ4v) is 4.79. The molecule has 4 atom stereocenters. The highest BCUT2D eigenvalue weighted by Gasteiger charge is 2.59. The van der Waals surface area contributed by atoms with Crippen LogP contribution in [0.15, 0.2) is 121 Å². The molecule has 1 aliphatic heterocycles. The Kier molecular flexibility index (Phi) is 9.46. The number of rotatable bonds is 10. The molecule has 4 aromatic carbocycles. The SMILES string of the molecule is C[C@]1(COC(=O)c2ccccc2)C(OC(=O)c2ccccc2)O[C@H](COC(=O)c2ccccc2)[C@H]1OC(=O)c1ccccc1. The van der Waals surface area contributed by atoms with Gasteiger partial charge in [-0.2, -0.15) is 0 Å². The van der Waals surface area contributed by atoms with E-state index < -0.39 is 47.8 Å². The predicted molar refractivity (Wildman–Crippen MR) is 158 cm³/mol. The summed E-state index contributed by atoms with van der Waals surface area (Å²) in [6.45, 7) is 0.918. The molecule has 0 N–H and O–H groups in total. The van der Waals surface area contributed by atoms with E-state index >= 15 is 0 Å². The van der Waals surface area contributed by atoms with E-state index in [9.17, 15) is 19.2 Å². The molecule has 0 bridgehead atoms. The molecule has 1 unspecified atom stereocenters. The minimum atomic E-state index is -1.41. The van der Waals surface area contributed by atoms with Gasteiger partial charge in [-0.1, -0.05) is 72.8 Å². The second-order valence-corrected chi connectivity index (χ2v) is 10.4. The first-order valence-electron chi connectivity index (χ1n) is 14.0. The minimum absolute atomic E-state index is 0.261. The van der Waals surface area contributed by atoms with E-state index in [0.29, 0.717) is 11.1 Å². The Morgan fingerprint density at radius 3 is 1.41 bits per heavy atom. The highest BCUT2D eigenvalue weighted by molar-refractivity contribution is 5.91. The number of hydrogen-bond acceptors (Lipinski definition) is 9. The van der Waals surface area contributed by atoms with Crippen LogP contribution < -0.4 is 0 Å². The zero-order valence-electron chi connectivity index (χ0n) is 23.9. The van der Waals surface area contributed by atoms with Crippen LogP contribution in [0.4, 0.5) is 0 Å². The van der Waals surface area contributed by atoms with Crippen LogP contribution in [0.2, 0.25) is 0 Å². The van der Waals surface area contributed by atoms with Gasteiger partial charge >= 0.3 is 23.9 Å². The second-order valence-electron chi connectivity index (χ2n) is 10.4. The number of hydrogen-bond donors (Lipinski definition) is 0. The van der Waals surface area contributed by atoms with Crippen LogP contribution in [0.1, 0.15) is 48.4 Å². The Balaban J connectivity index is 1.45. The van der Waals surface area contributed by atoms with E-state index in [1.165, 1.54) is 0 Å². The van der Waals surface area contributed by atoms with E-state index in [2.05, 4.69) is 0 Å². The first-order valence-corrected chi connectivity index (χ1v) is 14.0. The van der Waals surface area contributed by atoms with E-state index in [-0.39, 0.29) is 24.3 Å². The summed E-state index contributed by atoms with van der Waals surface area (Å²) in [5.74, 6) is -2.64. The topological polar surface area (TPSA) is 114 Å². The highest BCUT2D eigenvalue weighted by atomic mass is 16.7. The summed E-state index contributed by atoms with van der Waals surface area (Å²) >= 11 is 0. The molecule has 0 saturated carbocycles. The summed E-state index contributed by atoms with van der Waals surface area (Å²) in [6.07, 6.45) is -3.60. The van der Waals surface area contributed by atoms with Crippen molar-refractivity contribution in [1.29, 1.82) is 0 Å². The lowest BCUT2D eigenvalue weighted by atomic mass is 9.83. The van der Waals surface area contributed by atoms with Gasteiger partial charge in [0.25, 0.3) is 0 Å². The summed E-state index contributed by atoms with van der Waals surface area (Å²) in [5.41, 5.74) is -0.269. The van der Waals surface area contributed by atoms with E-state index in [1.54, 1.807) is 128 Å². The number of carbonyl (C=O) groups excluding carboxylic acids is 4. The molecule has 0 aromatic heterocycles. The number of esters is 4. The Morgan fingerprint density at radius 2 is 0.955 bits per heavy atom. The standard InChI is InChI=1S/C35H30O9/c1-35(23-41-31(37)25-16-8-3-9-17-25)29(43-32(38)26-18-10-4-11-19-26)28(22-40-30(36)24-14-6-2-7-15-24)42-34(35)44-33(39)27-20-12-5-13-21-27/h2-21,28-29,34H,22-23H2,1H3/t28-,29-,34?,35-/m1/s1. The molecule has 0 radical (unpaired) electrons. The molecule has 9 heteroatoms. The molecule has 1 fully saturated rings. The Labute approximate surface area is 254 Å². The van der Waals surface area contributed by atoms with Gasteiger partial charge < -0.3 is 23.7 Å². The Morgan fingerprint density at radius 1 is 0.568 bits per heavy atom. The number of benzene rings is 4. The lowest BCUT2D eigenvalue weighted by Gasteiger charge is -2.33. The van der Waals surface area contributed by atoms with Crippen LogP contribution in [0.25, 0.3) is 0 Å². The van der Waals surface area contributed by atoms with Gasteiger partial charge in [0.1, 0.15) is 30.8 Å². The fourth-order valence-electron chi connectivity index (χ4n) is 4.79. The van der Waals surface area contributed by atoms with E-state index in [0.717, 1.165) is 0 Å². The first kappa shape index (κ1) is 30.2. The van der Waals surface area contributed by atoms with Gasteiger partial charge in [0, 0.05) is 0 Å². The second kappa shape index (κ2) is 13.8. The van der Waals surface area contributed by atoms with Crippen LogP contribution in [0.5, 0.6) is 0 Å². The zero-order chi connectivity index (χ0) is 30.9. The normalized spacial score (nSPS) is 20.7. The van der Waals surface area contributed by atoms with Gasteiger partial charge in [0.15, 0.2) is 0 Å². The van der Waals surface area contributed by atoms with Crippen molar-refractivity contribution >= 4 is 23.9 Å². The monoisotopic (exact) mass is 594 g/mol. The maximum Gasteiger partial charge on any atom is 0.340 e. The maximum atomic E-state index is 13.3. The van der Waals surface area contributed by atoms with Crippen LogP contribution >= 0.6 is 0 Å². The van der Waals surface area contributed by atoms with Crippen molar-refractivity contribution in [2.75, 3.05) is 13.2 Å². The average molecular weight is 595 g/mol. The number of carbonyl (C=O) groups is 4. The molecule has 1 heterocycles. The molecule has 4 aromatic rings. The van der Waals surface area contributed by atoms with Crippen molar-refractivity contribution < 1.29 is 42.9 Å². The molecule has 44 heavy (non-hydrogen) atoms. The molecule has 1 saturated heterocycles. The van der Waals surface area contributed by atoms with Crippen molar-refractivity contribution in [3.8, 4) is 0 Å². The van der Waals surface area contributed by atoms with Crippen molar-refractivity contribution in [3.05, 3.63) is 144 Å². The minimum Gasteiger partial charge on any atom is -0.461 e. The Hall–Kier alpha value is -5.28. The molecule has 0 amide bonds. The lowest BCUT2D eigenvalue weighted by molar-refractivity contribution is -0.152. The summed E-state index contributed by atoms with van der Waals surface area (Å²) in [6, 6.07) is 33.3. The first-order chi connectivity index (χ1) is 21.3. The third-order valence-electron chi connectivity index (χ3n) is 7.20. The predicted octanol–water partition coefficient (Wildman–Crippen LogP) is 5.51. The van der Waals surface area contributed by atoms with Gasteiger partial charge in [-0.25, -0.2) is 19.2 Å². The molecule has 0 spiro atoms.